The molecule has 1 aliphatic rings. The number of fused-ring (bicyclic) bond motifs is 3. The van der Waals surface area contributed by atoms with Crippen LogP contribution in [0.2, 0.25) is 0 Å². The number of aromatic nitrogens is 4. The summed E-state index contributed by atoms with van der Waals surface area (Å²) < 4.78 is 1.75. The molecule has 0 spiro atoms. The van der Waals surface area contributed by atoms with Crippen LogP contribution in [0, 0.1) is 0 Å². The standard InChI is InChI=1S/C24H22N4O/c1-15(2)16-8-10-17(11-9-16)19-12-21-20(22(29)13-19)14-25-24-26-23(27-28(21)24)18-6-4-3-5-7-18/h3-11,14-15,19H,12-13H2,1-2H3. The molecule has 1 unspecified atom stereocenters. The van der Waals surface area contributed by atoms with Crippen molar-refractivity contribution in [2.45, 2.75) is 38.5 Å². The number of benzene rings is 2. The average Bonchev–Trinajstić information content (AvgIpc) is 3.19. The van der Waals surface area contributed by atoms with Crippen molar-refractivity contribution in [2.24, 2.45) is 0 Å². The third-order valence-corrected chi connectivity index (χ3v) is 5.74. The zero-order valence-corrected chi connectivity index (χ0v) is 16.5. The number of ketones is 1. The Hall–Kier alpha value is -3.34. The second-order valence-electron chi connectivity index (χ2n) is 7.98. The van der Waals surface area contributed by atoms with Crippen molar-refractivity contribution in [3.63, 3.8) is 0 Å². The summed E-state index contributed by atoms with van der Waals surface area (Å²) in [4.78, 5) is 21.8. The molecule has 0 N–H and O–H groups in total. The molecular formula is C24H22N4O. The molecule has 2 heterocycles. The Morgan fingerprint density at radius 1 is 1.00 bits per heavy atom. The van der Waals surface area contributed by atoms with Crippen LogP contribution in [-0.4, -0.2) is 25.4 Å². The Morgan fingerprint density at radius 2 is 1.76 bits per heavy atom. The van der Waals surface area contributed by atoms with Crippen molar-refractivity contribution in [1.82, 2.24) is 19.6 Å². The summed E-state index contributed by atoms with van der Waals surface area (Å²) in [5.41, 5.74) is 5.01. The Kier molecular flexibility index (Phi) is 4.23. The number of Topliss-reactive ketones (excluding diaryl/α,β-unsaturated/α-hetero) is 1. The van der Waals surface area contributed by atoms with Crippen LogP contribution >= 0.6 is 0 Å². The zero-order chi connectivity index (χ0) is 20.0. The van der Waals surface area contributed by atoms with Crippen LogP contribution in [-0.2, 0) is 6.42 Å². The Labute approximate surface area is 169 Å². The first-order chi connectivity index (χ1) is 14.1. The van der Waals surface area contributed by atoms with Crippen LogP contribution < -0.4 is 0 Å². The first kappa shape index (κ1) is 17.7. The van der Waals surface area contributed by atoms with E-state index in [0.717, 1.165) is 17.7 Å². The second kappa shape index (κ2) is 6.92. The molecule has 0 radical (unpaired) electrons. The van der Waals surface area contributed by atoms with Crippen molar-refractivity contribution in [1.29, 1.82) is 0 Å². The van der Waals surface area contributed by atoms with Gasteiger partial charge >= 0.3 is 0 Å². The van der Waals surface area contributed by atoms with Gasteiger partial charge in [-0.1, -0.05) is 68.4 Å². The van der Waals surface area contributed by atoms with E-state index in [1.807, 2.05) is 30.3 Å². The average molecular weight is 382 g/mol. The number of rotatable bonds is 3. The predicted molar refractivity (Wildman–Crippen MR) is 112 cm³/mol. The summed E-state index contributed by atoms with van der Waals surface area (Å²) in [5, 5.41) is 4.69. The molecule has 5 rings (SSSR count). The summed E-state index contributed by atoms with van der Waals surface area (Å²) in [7, 11) is 0. The lowest BCUT2D eigenvalue weighted by atomic mass is 9.81. The van der Waals surface area contributed by atoms with Crippen molar-refractivity contribution < 1.29 is 4.79 Å². The maximum absolute atomic E-state index is 12.9. The highest BCUT2D eigenvalue weighted by Gasteiger charge is 2.29. The van der Waals surface area contributed by atoms with Crippen LogP contribution in [0.4, 0.5) is 0 Å². The molecule has 4 aromatic rings. The topological polar surface area (TPSA) is 60.2 Å². The van der Waals surface area contributed by atoms with Crippen molar-refractivity contribution in [2.75, 3.05) is 0 Å². The molecule has 144 valence electrons. The SMILES string of the molecule is CC(C)c1ccc(C2CC(=O)c3cnc4nc(-c5ccccc5)nn4c3C2)cc1. The molecule has 0 saturated heterocycles. The Morgan fingerprint density at radius 3 is 2.48 bits per heavy atom. The predicted octanol–water partition coefficient (Wildman–Crippen LogP) is 4.83. The van der Waals surface area contributed by atoms with Gasteiger partial charge in [0.2, 0.25) is 0 Å². The minimum Gasteiger partial charge on any atom is -0.294 e. The van der Waals surface area contributed by atoms with Crippen molar-refractivity contribution in [3.05, 3.63) is 83.2 Å². The fourth-order valence-corrected chi connectivity index (χ4v) is 4.05. The first-order valence-electron chi connectivity index (χ1n) is 10.0. The summed E-state index contributed by atoms with van der Waals surface area (Å²) in [5.74, 6) is 1.92. The number of hydrogen-bond donors (Lipinski definition) is 0. The molecule has 0 aliphatic heterocycles. The highest BCUT2D eigenvalue weighted by atomic mass is 16.1. The lowest BCUT2D eigenvalue weighted by Crippen LogP contribution is -2.22. The van der Waals surface area contributed by atoms with Gasteiger partial charge in [-0.15, -0.1) is 5.10 Å². The van der Waals surface area contributed by atoms with Gasteiger partial charge in [0.25, 0.3) is 5.78 Å². The van der Waals surface area contributed by atoms with Gasteiger partial charge in [-0.25, -0.2) is 4.98 Å². The fourth-order valence-electron chi connectivity index (χ4n) is 4.05. The summed E-state index contributed by atoms with van der Waals surface area (Å²) in [6.07, 6.45) is 2.91. The summed E-state index contributed by atoms with van der Waals surface area (Å²) in [6, 6.07) is 18.5. The van der Waals surface area contributed by atoms with E-state index in [1.165, 1.54) is 11.1 Å². The van der Waals surface area contributed by atoms with Crippen LogP contribution in [0.25, 0.3) is 17.2 Å². The maximum atomic E-state index is 12.9. The van der Waals surface area contributed by atoms with Crippen LogP contribution in [0.15, 0.2) is 60.8 Å². The van der Waals surface area contributed by atoms with Gasteiger partial charge in [0.05, 0.1) is 11.3 Å². The lowest BCUT2D eigenvalue weighted by Gasteiger charge is -2.24. The van der Waals surface area contributed by atoms with E-state index in [-0.39, 0.29) is 11.7 Å². The maximum Gasteiger partial charge on any atom is 0.252 e. The third kappa shape index (κ3) is 3.12. The molecule has 0 fully saturated rings. The monoisotopic (exact) mass is 382 g/mol. The number of carbonyl (C=O) groups is 1. The van der Waals surface area contributed by atoms with E-state index in [1.54, 1.807) is 10.7 Å². The van der Waals surface area contributed by atoms with Gasteiger partial charge in [-0.3, -0.25) is 4.79 Å². The zero-order valence-electron chi connectivity index (χ0n) is 16.5. The van der Waals surface area contributed by atoms with Gasteiger partial charge in [-0.2, -0.15) is 9.50 Å². The Bertz CT molecular complexity index is 1190. The highest BCUT2D eigenvalue weighted by Crippen LogP contribution is 2.33. The lowest BCUT2D eigenvalue weighted by molar-refractivity contribution is 0.0962. The van der Waals surface area contributed by atoms with Crippen molar-refractivity contribution in [3.8, 4) is 11.4 Å². The normalized spacial score (nSPS) is 16.4. The highest BCUT2D eigenvalue weighted by molar-refractivity contribution is 5.98. The molecular weight excluding hydrogens is 360 g/mol. The van der Waals surface area contributed by atoms with Crippen LogP contribution in [0.5, 0.6) is 0 Å². The Balaban J connectivity index is 1.55. The molecule has 0 amide bonds. The van der Waals surface area contributed by atoms with Gasteiger partial charge < -0.3 is 0 Å². The molecule has 1 atom stereocenters. The fraction of sp³-hybridized carbons (Fsp3) is 0.250. The molecule has 29 heavy (non-hydrogen) atoms. The smallest absolute Gasteiger partial charge is 0.252 e. The first-order valence-corrected chi connectivity index (χ1v) is 10.0. The number of carbonyl (C=O) groups excluding carboxylic acids is 1. The van der Waals surface area contributed by atoms with Gasteiger partial charge in [0.1, 0.15) is 0 Å². The second-order valence-corrected chi connectivity index (χ2v) is 7.98. The molecule has 5 nitrogen and oxygen atoms in total. The van der Waals surface area contributed by atoms with Crippen molar-refractivity contribution >= 4 is 11.6 Å². The van der Waals surface area contributed by atoms with E-state index in [0.29, 0.717) is 29.5 Å². The summed E-state index contributed by atoms with van der Waals surface area (Å²) >= 11 is 0. The molecule has 0 saturated carbocycles. The van der Waals surface area contributed by atoms with Crippen LogP contribution in [0.1, 0.15) is 59.3 Å². The number of nitrogens with zero attached hydrogens (tertiary/aromatic N) is 4. The molecule has 0 bridgehead atoms. The molecule has 2 aromatic heterocycles. The van der Waals surface area contributed by atoms with Crippen LogP contribution in [0.3, 0.4) is 0 Å². The molecule has 2 aromatic carbocycles. The largest absolute Gasteiger partial charge is 0.294 e. The minimum atomic E-state index is 0.121. The quantitative estimate of drug-likeness (QED) is 0.509. The van der Waals surface area contributed by atoms with Gasteiger partial charge in [0, 0.05) is 18.2 Å². The van der Waals surface area contributed by atoms with E-state index >= 15 is 0 Å². The molecule has 5 heteroatoms. The summed E-state index contributed by atoms with van der Waals surface area (Å²) in [6.45, 7) is 4.38. The minimum absolute atomic E-state index is 0.121. The number of hydrogen-bond acceptors (Lipinski definition) is 4. The van der Waals surface area contributed by atoms with E-state index < -0.39 is 0 Å². The van der Waals surface area contributed by atoms with Gasteiger partial charge in [-0.05, 0) is 29.4 Å². The van der Waals surface area contributed by atoms with E-state index in [2.05, 4.69) is 53.2 Å². The van der Waals surface area contributed by atoms with E-state index in [9.17, 15) is 4.79 Å². The molecule has 1 aliphatic carbocycles. The van der Waals surface area contributed by atoms with Gasteiger partial charge in [0.15, 0.2) is 11.6 Å². The third-order valence-electron chi connectivity index (χ3n) is 5.74. The van der Waals surface area contributed by atoms with E-state index in [4.69, 9.17) is 0 Å².